The fourth-order valence-corrected chi connectivity index (χ4v) is 4.10. The van der Waals surface area contributed by atoms with Crippen LogP contribution in [0.1, 0.15) is 29.6 Å². The van der Waals surface area contributed by atoms with Crippen LogP contribution in [-0.2, 0) is 9.53 Å². The van der Waals surface area contributed by atoms with Crippen molar-refractivity contribution in [3.8, 4) is 11.1 Å². The normalized spacial score (nSPS) is 14.6. The standard InChI is InChI=1S/C27H24F2N2O5/c28-22-10-9-21(15-23(22)29)31-26(35)30-20-7-5-18(6-8-20)17-1-3-19(4-2-17)24(32)16-27(25(33)34)11-13-36-14-12-27/h1-10,15H,11-14,16H2,(H,33,34)(H2,30,31,35). The zero-order chi connectivity index (χ0) is 25.7. The first kappa shape index (κ1) is 25.0. The number of carbonyl (C=O) groups is 3. The van der Waals surface area contributed by atoms with Crippen molar-refractivity contribution in [1.29, 1.82) is 0 Å². The van der Waals surface area contributed by atoms with Crippen LogP contribution in [0.5, 0.6) is 0 Å². The van der Waals surface area contributed by atoms with Gasteiger partial charge in [-0.3, -0.25) is 9.59 Å². The van der Waals surface area contributed by atoms with Gasteiger partial charge in [0.1, 0.15) is 0 Å². The molecule has 1 aliphatic heterocycles. The van der Waals surface area contributed by atoms with E-state index < -0.39 is 29.0 Å². The molecule has 0 atom stereocenters. The van der Waals surface area contributed by atoms with Crippen molar-refractivity contribution >= 4 is 29.2 Å². The van der Waals surface area contributed by atoms with E-state index >= 15 is 0 Å². The number of halogens is 2. The number of benzene rings is 3. The van der Waals surface area contributed by atoms with E-state index in [0.29, 0.717) is 37.3 Å². The number of anilines is 2. The van der Waals surface area contributed by atoms with Crippen LogP contribution in [0.3, 0.4) is 0 Å². The van der Waals surface area contributed by atoms with Gasteiger partial charge in [-0.1, -0.05) is 36.4 Å². The molecule has 1 saturated heterocycles. The molecule has 4 rings (SSSR count). The Morgan fingerprint density at radius 1 is 0.806 bits per heavy atom. The summed E-state index contributed by atoms with van der Waals surface area (Å²) >= 11 is 0. The van der Waals surface area contributed by atoms with Gasteiger partial charge in [-0.15, -0.1) is 0 Å². The van der Waals surface area contributed by atoms with Crippen LogP contribution in [0.4, 0.5) is 25.0 Å². The first-order chi connectivity index (χ1) is 17.3. The van der Waals surface area contributed by atoms with E-state index in [9.17, 15) is 28.3 Å². The predicted molar refractivity (Wildman–Crippen MR) is 130 cm³/mol. The summed E-state index contributed by atoms with van der Waals surface area (Å²) in [5.41, 5.74) is 1.63. The zero-order valence-corrected chi connectivity index (χ0v) is 19.2. The Morgan fingerprint density at radius 2 is 1.36 bits per heavy atom. The lowest BCUT2D eigenvalue weighted by Crippen LogP contribution is -2.39. The third-order valence-electron chi connectivity index (χ3n) is 6.26. The molecule has 9 heteroatoms. The lowest BCUT2D eigenvalue weighted by molar-refractivity contribution is -0.154. The van der Waals surface area contributed by atoms with Crippen molar-refractivity contribution in [2.45, 2.75) is 19.3 Å². The quantitative estimate of drug-likeness (QED) is 0.364. The number of nitrogens with one attached hydrogen (secondary N) is 2. The largest absolute Gasteiger partial charge is 0.481 e. The monoisotopic (exact) mass is 494 g/mol. The highest BCUT2D eigenvalue weighted by Gasteiger charge is 2.42. The van der Waals surface area contributed by atoms with Crippen molar-refractivity contribution < 1.29 is 33.0 Å². The second kappa shape index (κ2) is 10.7. The summed E-state index contributed by atoms with van der Waals surface area (Å²) in [6.07, 6.45) is 0.550. The molecular formula is C27H24F2N2O5. The van der Waals surface area contributed by atoms with Crippen LogP contribution in [0.15, 0.2) is 66.7 Å². The molecule has 7 nitrogen and oxygen atoms in total. The number of carboxylic acids is 1. The molecule has 0 unspecified atom stereocenters. The SMILES string of the molecule is O=C(Nc1ccc(-c2ccc(C(=O)CC3(C(=O)O)CCOCC3)cc2)cc1)Nc1ccc(F)c(F)c1. The Balaban J connectivity index is 1.37. The number of aliphatic carboxylic acids is 1. The molecule has 0 saturated carbocycles. The third kappa shape index (κ3) is 5.75. The molecule has 36 heavy (non-hydrogen) atoms. The lowest BCUT2D eigenvalue weighted by Gasteiger charge is -2.32. The minimum absolute atomic E-state index is 0.0714. The Labute approximate surface area is 206 Å². The zero-order valence-electron chi connectivity index (χ0n) is 19.2. The van der Waals surface area contributed by atoms with E-state index in [0.717, 1.165) is 23.3 Å². The Kier molecular flexibility index (Phi) is 7.40. The smallest absolute Gasteiger partial charge is 0.323 e. The summed E-state index contributed by atoms with van der Waals surface area (Å²) in [5, 5.41) is 14.7. The van der Waals surface area contributed by atoms with Gasteiger partial charge < -0.3 is 20.5 Å². The molecule has 0 radical (unpaired) electrons. The fraction of sp³-hybridized carbons (Fsp3) is 0.222. The van der Waals surface area contributed by atoms with Crippen molar-refractivity contribution in [2.24, 2.45) is 5.41 Å². The van der Waals surface area contributed by atoms with Crippen LogP contribution < -0.4 is 10.6 Å². The number of ether oxygens (including phenoxy) is 1. The number of Topliss-reactive ketones (excluding diaryl/α,β-unsaturated/α-hetero) is 1. The van der Waals surface area contributed by atoms with E-state index in [1.54, 1.807) is 48.5 Å². The maximum Gasteiger partial charge on any atom is 0.323 e. The highest BCUT2D eigenvalue weighted by atomic mass is 19.2. The van der Waals surface area contributed by atoms with Gasteiger partial charge in [-0.2, -0.15) is 0 Å². The molecule has 1 heterocycles. The van der Waals surface area contributed by atoms with Gasteiger partial charge in [0.25, 0.3) is 0 Å². The van der Waals surface area contributed by atoms with Crippen LogP contribution in [0.25, 0.3) is 11.1 Å². The van der Waals surface area contributed by atoms with Crippen LogP contribution in [0.2, 0.25) is 0 Å². The first-order valence-corrected chi connectivity index (χ1v) is 11.3. The molecular weight excluding hydrogens is 470 g/mol. The fourth-order valence-electron chi connectivity index (χ4n) is 4.10. The van der Waals surface area contributed by atoms with E-state index in [2.05, 4.69) is 10.6 Å². The maximum absolute atomic E-state index is 13.3. The molecule has 3 aromatic rings. The second-order valence-electron chi connectivity index (χ2n) is 8.66. The van der Waals surface area contributed by atoms with Gasteiger partial charge in [-0.25, -0.2) is 13.6 Å². The molecule has 186 valence electrons. The molecule has 3 N–H and O–H groups in total. The molecule has 0 aliphatic carbocycles. The van der Waals surface area contributed by atoms with E-state index in [4.69, 9.17) is 4.74 Å². The highest BCUT2D eigenvalue weighted by Crippen LogP contribution is 2.36. The number of carbonyl (C=O) groups excluding carboxylic acids is 2. The number of carboxylic acid groups (broad SMARTS) is 1. The third-order valence-corrected chi connectivity index (χ3v) is 6.26. The topological polar surface area (TPSA) is 105 Å². The number of urea groups is 1. The summed E-state index contributed by atoms with van der Waals surface area (Å²) < 4.78 is 31.6. The number of rotatable bonds is 7. The number of amides is 2. The van der Waals surface area contributed by atoms with E-state index in [1.165, 1.54) is 6.07 Å². The van der Waals surface area contributed by atoms with Crippen molar-refractivity contribution in [3.05, 3.63) is 83.9 Å². The predicted octanol–water partition coefficient (Wildman–Crippen LogP) is 5.73. The van der Waals surface area contributed by atoms with Crippen molar-refractivity contribution in [3.63, 3.8) is 0 Å². The number of hydrogen-bond donors (Lipinski definition) is 3. The summed E-state index contributed by atoms with van der Waals surface area (Å²) in [4.78, 5) is 36.7. The summed E-state index contributed by atoms with van der Waals surface area (Å²) in [5.74, 6) is -3.26. The minimum atomic E-state index is -1.09. The molecule has 0 aromatic heterocycles. The highest BCUT2D eigenvalue weighted by molar-refractivity contribution is 6.00. The van der Waals surface area contributed by atoms with Crippen molar-refractivity contribution in [2.75, 3.05) is 23.8 Å². The lowest BCUT2D eigenvalue weighted by atomic mass is 9.75. The maximum atomic E-state index is 13.3. The Bertz CT molecular complexity index is 1270. The Morgan fingerprint density at radius 3 is 1.94 bits per heavy atom. The van der Waals surface area contributed by atoms with E-state index in [1.807, 2.05) is 0 Å². The summed E-state index contributed by atoms with van der Waals surface area (Å²) in [7, 11) is 0. The molecule has 2 amide bonds. The summed E-state index contributed by atoms with van der Waals surface area (Å²) in [6, 6.07) is 16.3. The molecule has 0 bridgehead atoms. The average Bonchev–Trinajstić information content (AvgIpc) is 2.87. The Hall–Kier alpha value is -4.11. The van der Waals surface area contributed by atoms with Gasteiger partial charge in [0.15, 0.2) is 17.4 Å². The minimum Gasteiger partial charge on any atom is -0.481 e. The molecule has 1 aliphatic rings. The number of ketones is 1. The first-order valence-electron chi connectivity index (χ1n) is 11.3. The van der Waals surface area contributed by atoms with Gasteiger partial charge in [0.05, 0.1) is 5.41 Å². The van der Waals surface area contributed by atoms with Crippen molar-refractivity contribution in [1.82, 2.24) is 0 Å². The van der Waals surface area contributed by atoms with Crippen LogP contribution in [-0.4, -0.2) is 36.1 Å². The second-order valence-corrected chi connectivity index (χ2v) is 8.66. The van der Waals surface area contributed by atoms with Gasteiger partial charge >= 0.3 is 12.0 Å². The molecule has 3 aromatic carbocycles. The van der Waals surface area contributed by atoms with Gasteiger partial charge in [-0.05, 0) is 48.2 Å². The van der Waals surface area contributed by atoms with Gasteiger partial charge in [0, 0.05) is 42.6 Å². The van der Waals surface area contributed by atoms with Gasteiger partial charge in [0.2, 0.25) is 0 Å². The van der Waals surface area contributed by atoms with Crippen LogP contribution >= 0.6 is 0 Å². The number of hydrogen-bond acceptors (Lipinski definition) is 4. The van der Waals surface area contributed by atoms with Crippen LogP contribution in [0, 0.1) is 17.0 Å². The molecule has 0 spiro atoms. The molecule has 1 fully saturated rings. The average molecular weight is 494 g/mol. The van der Waals surface area contributed by atoms with E-state index in [-0.39, 0.29) is 17.9 Å². The summed E-state index contributed by atoms with van der Waals surface area (Å²) in [6.45, 7) is 0.658.